The summed E-state index contributed by atoms with van der Waals surface area (Å²) in [7, 11) is 0. The summed E-state index contributed by atoms with van der Waals surface area (Å²) in [5.41, 5.74) is 1.75. The van der Waals surface area contributed by atoms with Gasteiger partial charge >= 0.3 is 0 Å². The fraction of sp³-hybridized carbons (Fsp3) is 0.364. The first-order valence-electron chi connectivity index (χ1n) is 9.42. The summed E-state index contributed by atoms with van der Waals surface area (Å²) in [5, 5.41) is 2.95. The summed E-state index contributed by atoms with van der Waals surface area (Å²) in [6, 6.07) is 15.8. The molecule has 0 bridgehead atoms. The molecule has 142 valence electrons. The predicted octanol–water partition coefficient (Wildman–Crippen LogP) is 3.43. The molecular formula is C22H25FN2O2. The minimum Gasteiger partial charge on any atom is -0.356 e. The van der Waals surface area contributed by atoms with Crippen LogP contribution in [-0.2, 0) is 11.3 Å². The maximum Gasteiger partial charge on any atom is 0.220 e. The van der Waals surface area contributed by atoms with E-state index in [1.165, 1.54) is 29.8 Å². The number of amides is 1. The molecule has 2 aromatic rings. The quantitative estimate of drug-likeness (QED) is 0.727. The second kappa shape index (κ2) is 9.42. The van der Waals surface area contributed by atoms with Crippen molar-refractivity contribution < 1.29 is 14.0 Å². The number of nitrogens with zero attached hydrogens (tertiary/aromatic N) is 1. The molecule has 1 saturated heterocycles. The van der Waals surface area contributed by atoms with Crippen molar-refractivity contribution >= 4 is 11.7 Å². The van der Waals surface area contributed by atoms with Gasteiger partial charge in [-0.1, -0.05) is 30.3 Å². The van der Waals surface area contributed by atoms with Crippen LogP contribution in [0.25, 0.3) is 0 Å². The first-order valence-corrected chi connectivity index (χ1v) is 9.42. The Morgan fingerprint density at radius 2 is 1.78 bits per heavy atom. The lowest BCUT2D eigenvalue weighted by Gasteiger charge is -2.16. The molecule has 3 rings (SSSR count). The average Bonchev–Trinajstić information content (AvgIpc) is 3.13. The van der Waals surface area contributed by atoms with E-state index in [1.807, 2.05) is 6.07 Å². The maximum absolute atomic E-state index is 12.9. The highest BCUT2D eigenvalue weighted by Gasteiger charge is 2.22. The van der Waals surface area contributed by atoms with Gasteiger partial charge < -0.3 is 5.32 Å². The van der Waals surface area contributed by atoms with E-state index >= 15 is 0 Å². The van der Waals surface area contributed by atoms with Gasteiger partial charge in [-0.05, 0) is 48.7 Å². The molecule has 0 radical (unpaired) electrons. The summed E-state index contributed by atoms with van der Waals surface area (Å²) in [4.78, 5) is 26.5. The molecule has 1 aliphatic heterocycles. The molecule has 4 nitrogen and oxygen atoms in total. The summed E-state index contributed by atoms with van der Waals surface area (Å²) >= 11 is 0. The van der Waals surface area contributed by atoms with Crippen LogP contribution in [0.2, 0.25) is 0 Å². The normalized spacial score (nSPS) is 17.0. The minimum atomic E-state index is -0.373. The van der Waals surface area contributed by atoms with Crippen LogP contribution in [0.3, 0.4) is 0 Å². The lowest BCUT2D eigenvalue weighted by Crippen LogP contribution is -2.31. The first kappa shape index (κ1) is 19.2. The fourth-order valence-corrected chi connectivity index (χ4v) is 3.42. The molecule has 27 heavy (non-hydrogen) atoms. The lowest BCUT2D eigenvalue weighted by molar-refractivity contribution is -0.121. The van der Waals surface area contributed by atoms with E-state index in [2.05, 4.69) is 34.5 Å². The molecule has 5 heteroatoms. The average molecular weight is 368 g/mol. The Morgan fingerprint density at radius 3 is 2.52 bits per heavy atom. The van der Waals surface area contributed by atoms with Gasteiger partial charge in [-0.3, -0.25) is 14.5 Å². The van der Waals surface area contributed by atoms with E-state index in [4.69, 9.17) is 0 Å². The van der Waals surface area contributed by atoms with E-state index in [-0.39, 0.29) is 30.3 Å². The molecular weight excluding hydrogens is 343 g/mol. The standard InChI is InChI=1S/C22H25FN2O2/c23-20-8-6-19(7-9-20)21(26)10-11-22(27)24-14-18-12-13-25(16-18)15-17-4-2-1-3-5-17/h1-9,18H,10-16H2,(H,24,27). The van der Waals surface area contributed by atoms with Crippen molar-refractivity contribution in [2.24, 2.45) is 5.92 Å². The molecule has 1 amide bonds. The van der Waals surface area contributed by atoms with Crippen LogP contribution in [0.4, 0.5) is 4.39 Å². The highest BCUT2D eigenvalue weighted by atomic mass is 19.1. The van der Waals surface area contributed by atoms with Crippen LogP contribution >= 0.6 is 0 Å². The minimum absolute atomic E-state index is 0.105. The number of rotatable bonds is 8. The Balaban J connectivity index is 1.34. The Kier molecular flexibility index (Phi) is 6.71. The van der Waals surface area contributed by atoms with Gasteiger partial charge in [-0.15, -0.1) is 0 Å². The topological polar surface area (TPSA) is 49.4 Å². The van der Waals surface area contributed by atoms with Crippen LogP contribution in [-0.4, -0.2) is 36.2 Å². The van der Waals surface area contributed by atoms with Crippen LogP contribution < -0.4 is 5.32 Å². The van der Waals surface area contributed by atoms with E-state index in [0.717, 1.165) is 26.1 Å². The summed E-state index contributed by atoms with van der Waals surface area (Å²) in [6.07, 6.45) is 1.38. The van der Waals surface area contributed by atoms with E-state index in [1.54, 1.807) is 0 Å². The zero-order valence-electron chi connectivity index (χ0n) is 15.4. The van der Waals surface area contributed by atoms with Crippen molar-refractivity contribution in [2.75, 3.05) is 19.6 Å². The second-order valence-corrected chi connectivity index (χ2v) is 7.11. The Bertz CT molecular complexity index is 762. The third-order valence-electron chi connectivity index (χ3n) is 4.95. The van der Waals surface area contributed by atoms with Crippen molar-refractivity contribution in [3.8, 4) is 0 Å². The number of likely N-dealkylation sites (tertiary alicyclic amines) is 1. The summed E-state index contributed by atoms with van der Waals surface area (Å²) in [5.74, 6) is -0.167. The Hall–Kier alpha value is -2.53. The molecule has 0 spiro atoms. The highest BCUT2D eigenvalue weighted by molar-refractivity contribution is 5.97. The zero-order valence-corrected chi connectivity index (χ0v) is 15.4. The number of nitrogens with one attached hydrogen (secondary N) is 1. The van der Waals surface area contributed by atoms with Crippen molar-refractivity contribution in [1.82, 2.24) is 10.2 Å². The van der Waals surface area contributed by atoms with E-state index < -0.39 is 0 Å². The SMILES string of the molecule is O=C(CCC(=O)c1ccc(F)cc1)NCC1CCN(Cc2ccccc2)C1. The monoisotopic (exact) mass is 368 g/mol. The Labute approximate surface area is 159 Å². The van der Waals surface area contributed by atoms with Gasteiger partial charge in [0.1, 0.15) is 5.82 Å². The summed E-state index contributed by atoms with van der Waals surface area (Å²) < 4.78 is 12.9. The number of carbonyl (C=O) groups is 2. The molecule has 0 aliphatic carbocycles. The number of Topliss-reactive ketones (excluding diaryl/α,β-unsaturated/α-hetero) is 1. The molecule has 2 aromatic carbocycles. The van der Waals surface area contributed by atoms with Crippen molar-refractivity contribution in [3.05, 3.63) is 71.5 Å². The largest absolute Gasteiger partial charge is 0.356 e. The number of hydrogen-bond acceptors (Lipinski definition) is 3. The molecule has 1 aliphatic rings. The first-order chi connectivity index (χ1) is 13.1. The number of benzene rings is 2. The lowest BCUT2D eigenvalue weighted by atomic mass is 10.1. The second-order valence-electron chi connectivity index (χ2n) is 7.11. The maximum atomic E-state index is 12.9. The highest BCUT2D eigenvalue weighted by Crippen LogP contribution is 2.18. The molecule has 1 unspecified atom stereocenters. The van der Waals surface area contributed by atoms with Crippen molar-refractivity contribution in [1.29, 1.82) is 0 Å². The van der Waals surface area contributed by atoms with Gasteiger partial charge in [0, 0.05) is 38.0 Å². The van der Waals surface area contributed by atoms with Gasteiger partial charge in [-0.2, -0.15) is 0 Å². The number of halogens is 1. The van der Waals surface area contributed by atoms with Crippen LogP contribution in [0.15, 0.2) is 54.6 Å². The van der Waals surface area contributed by atoms with E-state index in [9.17, 15) is 14.0 Å². The van der Waals surface area contributed by atoms with Crippen molar-refractivity contribution in [2.45, 2.75) is 25.8 Å². The third kappa shape index (κ3) is 6.00. The molecule has 1 N–H and O–H groups in total. The van der Waals surface area contributed by atoms with Crippen LogP contribution in [0, 0.1) is 11.7 Å². The van der Waals surface area contributed by atoms with Crippen molar-refractivity contribution in [3.63, 3.8) is 0 Å². The zero-order chi connectivity index (χ0) is 19.1. The molecule has 1 fully saturated rings. The number of ketones is 1. The van der Waals surface area contributed by atoms with Gasteiger partial charge in [0.2, 0.25) is 5.91 Å². The van der Waals surface area contributed by atoms with Crippen LogP contribution in [0.5, 0.6) is 0 Å². The van der Waals surface area contributed by atoms with Gasteiger partial charge in [0.15, 0.2) is 5.78 Å². The van der Waals surface area contributed by atoms with Crippen LogP contribution in [0.1, 0.15) is 35.2 Å². The van der Waals surface area contributed by atoms with Gasteiger partial charge in [0.25, 0.3) is 0 Å². The van der Waals surface area contributed by atoms with E-state index in [0.29, 0.717) is 18.0 Å². The third-order valence-corrected chi connectivity index (χ3v) is 4.95. The fourth-order valence-electron chi connectivity index (χ4n) is 3.42. The smallest absolute Gasteiger partial charge is 0.220 e. The molecule has 1 atom stereocenters. The number of carbonyl (C=O) groups excluding carboxylic acids is 2. The summed E-state index contributed by atoms with van der Waals surface area (Å²) in [6.45, 7) is 3.61. The predicted molar refractivity (Wildman–Crippen MR) is 103 cm³/mol. The van der Waals surface area contributed by atoms with Gasteiger partial charge in [-0.25, -0.2) is 4.39 Å². The molecule has 0 aromatic heterocycles. The molecule has 0 saturated carbocycles. The van der Waals surface area contributed by atoms with Gasteiger partial charge in [0.05, 0.1) is 0 Å². The number of hydrogen-bond donors (Lipinski definition) is 1. The Morgan fingerprint density at radius 1 is 1.04 bits per heavy atom. The molecule has 1 heterocycles.